The number of ether oxygens (including phenoxy) is 2. The van der Waals surface area contributed by atoms with Crippen LogP contribution < -0.4 is 10.2 Å². The molecule has 0 aliphatic carbocycles. The Hall–Kier alpha value is -3.35. The molecule has 2 heterocycles. The monoisotopic (exact) mass is 448 g/mol. The number of fused-ring (bicyclic) bond motifs is 1. The second kappa shape index (κ2) is 8.30. The molecule has 5 atom stereocenters. The number of aromatic hydroxyl groups is 3. The third kappa shape index (κ3) is 3.72. The first kappa shape index (κ1) is 21.9. The van der Waals surface area contributed by atoms with Gasteiger partial charge >= 0.3 is 0 Å². The van der Waals surface area contributed by atoms with Gasteiger partial charge in [-0.15, -0.1) is 0 Å². The Balaban J connectivity index is 1.74. The molecular formula is C21H20O11. The zero-order valence-corrected chi connectivity index (χ0v) is 16.3. The van der Waals surface area contributed by atoms with Gasteiger partial charge in [-0.3, -0.25) is 4.79 Å². The normalized spacial score (nSPS) is 25.7. The molecule has 2 aromatic carbocycles. The number of aliphatic hydroxyl groups is 4. The number of rotatable bonds is 4. The summed E-state index contributed by atoms with van der Waals surface area (Å²) in [6.07, 6.45) is -8.13. The molecular weight excluding hydrogens is 428 g/mol. The van der Waals surface area contributed by atoms with Crippen molar-refractivity contribution in [3.05, 3.63) is 46.6 Å². The van der Waals surface area contributed by atoms with Crippen LogP contribution in [0.3, 0.4) is 0 Å². The van der Waals surface area contributed by atoms with Crippen molar-refractivity contribution in [2.24, 2.45) is 0 Å². The minimum absolute atomic E-state index is 0.0159. The van der Waals surface area contributed by atoms with Crippen LogP contribution >= 0.6 is 0 Å². The van der Waals surface area contributed by atoms with E-state index in [-0.39, 0.29) is 22.5 Å². The number of aliphatic hydroxyl groups excluding tert-OH is 4. The van der Waals surface area contributed by atoms with Gasteiger partial charge in [0.1, 0.15) is 46.9 Å². The molecule has 1 aromatic heterocycles. The molecule has 3 aromatic rings. The zero-order valence-electron chi connectivity index (χ0n) is 16.3. The topological polar surface area (TPSA) is 190 Å². The van der Waals surface area contributed by atoms with Gasteiger partial charge in [0.15, 0.2) is 16.9 Å². The van der Waals surface area contributed by atoms with Gasteiger partial charge in [-0.05, 0) is 24.3 Å². The molecule has 11 heteroatoms. The van der Waals surface area contributed by atoms with Crippen molar-refractivity contribution in [2.75, 3.05) is 6.61 Å². The number of hydrogen-bond donors (Lipinski definition) is 7. The summed E-state index contributed by atoms with van der Waals surface area (Å²) in [5, 5.41) is 69.1. The van der Waals surface area contributed by atoms with E-state index in [9.17, 15) is 40.5 Å². The van der Waals surface area contributed by atoms with E-state index in [2.05, 4.69) is 0 Å². The standard InChI is InChI=1S/C21H20O11/c22-7-14-16(26)18(28)19(29)21(31-14)32-20-11(25)6-13-15(17(20)27)10(24)5-12(30-13)8-1-3-9(23)4-2-8/h1-6,14,16,18-19,21-23,25-29H,7H2. The maximum absolute atomic E-state index is 12.7. The smallest absolute Gasteiger partial charge is 0.229 e. The highest BCUT2D eigenvalue weighted by Crippen LogP contribution is 2.43. The lowest BCUT2D eigenvalue weighted by Crippen LogP contribution is -2.60. The summed E-state index contributed by atoms with van der Waals surface area (Å²) in [6, 6.07) is 7.92. The van der Waals surface area contributed by atoms with Crippen molar-refractivity contribution in [1.82, 2.24) is 0 Å². The van der Waals surface area contributed by atoms with Gasteiger partial charge in [0.05, 0.1) is 6.61 Å². The van der Waals surface area contributed by atoms with Crippen LogP contribution in [-0.4, -0.2) is 73.1 Å². The molecule has 1 aliphatic rings. The summed E-state index contributed by atoms with van der Waals surface area (Å²) in [4.78, 5) is 12.7. The molecule has 0 radical (unpaired) electrons. The Morgan fingerprint density at radius 2 is 1.62 bits per heavy atom. The molecule has 0 amide bonds. The summed E-state index contributed by atoms with van der Waals surface area (Å²) in [6.45, 7) is -0.704. The first-order chi connectivity index (χ1) is 15.2. The van der Waals surface area contributed by atoms with E-state index in [0.717, 1.165) is 12.1 Å². The van der Waals surface area contributed by atoms with Crippen LogP contribution in [0.15, 0.2) is 45.6 Å². The van der Waals surface area contributed by atoms with Crippen molar-refractivity contribution in [3.63, 3.8) is 0 Å². The molecule has 170 valence electrons. The summed E-state index contributed by atoms with van der Waals surface area (Å²) in [5.41, 5.74) is -0.385. The van der Waals surface area contributed by atoms with Gasteiger partial charge in [0, 0.05) is 17.7 Å². The SMILES string of the molecule is O=c1cc(-c2ccc(O)cc2)oc2cc(O)c(OC3OC(CO)C(O)C(O)C3O)c(O)c12. The Morgan fingerprint density at radius 3 is 2.28 bits per heavy atom. The lowest BCUT2D eigenvalue weighted by Gasteiger charge is -2.39. The predicted octanol–water partition coefficient (Wildman–Crippen LogP) is -0.245. The Morgan fingerprint density at radius 1 is 0.938 bits per heavy atom. The van der Waals surface area contributed by atoms with Crippen LogP contribution in [0.25, 0.3) is 22.3 Å². The van der Waals surface area contributed by atoms with E-state index >= 15 is 0 Å². The highest BCUT2D eigenvalue weighted by molar-refractivity contribution is 5.89. The number of hydrogen-bond acceptors (Lipinski definition) is 11. The van der Waals surface area contributed by atoms with Gasteiger partial charge in [0.2, 0.25) is 12.0 Å². The predicted molar refractivity (Wildman–Crippen MR) is 107 cm³/mol. The quantitative estimate of drug-likeness (QED) is 0.279. The van der Waals surface area contributed by atoms with Gasteiger partial charge in [-0.1, -0.05) is 0 Å². The van der Waals surface area contributed by atoms with Crippen molar-refractivity contribution in [2.45, 2.75) is 30.7 Å². The van der Waals surface area contributed by atoms with Gasteiger partial charge < -0.3 is 49.6 Å². The molecule has 1 aliphatic heterocycles. The second-order valence-electron chi connectivity index (χ2n) is 7.28. The summed E-state index contributed by atoms with van der Waals surface area (Å²) >= 11 is 0. The molecule has 5 unspecified atom stereocenters. The highest BCUT2D eigenvalue weighted by Gasteiger charge is 2.45. The fraction of sp³-hybridized carbons (Fsp3) is 0.286. The summed E-state index contributed by atoms with van der Waals surface area (Å²) < 4.78 is 16.1. The highest BCUT2D eigenvalue weighted by atomic mass is 16.7. The second-order valence-corrected chi connectivity index (χ2v) is 7.28. The van der Waals surface area contributed by atoms with Crippen molar-refractivity contribution in [1.29, 1.82) is 0 Å². The van der Waals surface area contributed by atoms with Crippen molar-refractivity contribution in [3.8, 4) is 34.3 Å². The first-order valence-corrected chi connectivity index (χ1v) is 9.50. The van der Waals surface area contributed by atoms with Crippen LogP contribution in [-0.2, 0) is 4.74 Å². The van der Waals surface area contributed by atoms with E-state index < -0.39 is 60.0 Å². The third-order valence-corrected chi connectivity index (χ3v) is 5.16. The van der Waals surface area contributed by atoms with Gasteiger partial charge in [0.25, 0.3) is 0 Å². The molecule has 0 spiro atoms. The summed E-state index contributed by atoms with van der Waals surface area (Å²) in [7, 11) is 0. The lowest BCUT2D eigenvalue weighted by atomic mass is 9.99. The molecule has 4 rings (SSSR count). The first-order valence-electron chi connectivity index (χ1n) is 9.50. The average molecular weight is 448 g/mol. The fourth-order valence-electron chi connectivity index (χ4n) is 3.44. The van der Waals surface area contributed by atoms with Crippen molar-refractivity contribution >= 4 is 11.0 Å². The van der Waals surface area contributed by atoms with E-state index in [4.69, 9.17) is 13.9 Å². The van der Waals surface area contributed by atoms with Crippen LogP contribution in [0.2, 0.25) is 0 Å². The molecule has 32 heavy (non-hydrogen) atoms. The van der Waals surface area contributed by atoms with Gasteiger partial charge in [-0.2, -0.15) is 0 Å². The Labute approximate surface area is 179 Å². The van der Waals surface area contributed by atoms with Gasteiger partial charge in [-0.25, -0.2) is 0 Å². The molecule has 1 fully saturated rings. The minimum atomic E-state index is -1.80. The maximum Gasteiger partial charge on any atom is 0.229 e. The minimum Gasteiger partial charge on any atom is -0.508 e. The average Bonchev–Trinajstić information content (AvgIpc) is 2.76. The Bertz CT molecular complexity index is 1190. The molecule has 7 N–H and O–H groups in total. The zero-order chi connectivity index (χ0) is 23.2. The maximum atomic E-state index is 12.7. The number of phenols is 3. The van der Waals surface area contributed by atoms with Crippen molar-refractivity contribution < 1.29 is 49.6 Å². The lowest BCUT2D eigenvalue weighted by molar-refractivity contribution is -0.277. The number of benzene rings is 2. The van der Waals surface area contributed by atoms with E-state index in [1.165, 1.54) is 24.3 Å². The molecule has 0 saturated carbocycles. The largest absolute Gasteiger partial charge is 0.508 e. The van der Waals surface area contributed by atoms with E-state index in [1.807, 2.05) is 0 Å². The number of phenolic OH excluding ortho intramolecular Hbond substituents is 3. The van der Waals surface area contributed by atoms with E-state index in [1.54, 1.807) is 0 Å². The van der Waals surface area contributed by atoms with Crippen LogP contribution in [0, 0.1) is 0 Å². The van der Waals surface area contributed by atoms with Crippen LogP contribution in [0.5, 0.6) is 23.0 Å². The third-order valence-electron chi connectivity index (χ3n) is 5.16. The Kier molecular flexibility index (Phi) is 5.67. The molecule has 11 nitrogen and oxygen atoms in total. The summed E-state index contributed by atoms with van der Waals surface area (Å²) in [5.74, 6) is -1.97. The van der Waals surface area contributed by atoms with Crippen LogP contribution in [0.1, 0.15) is 0 Å². The van der Waals surface area contributed by atoms with Crippen LogP contribution in [0.4, 0.5) is 0 Å². The van der Waals surface area contributed by atoms with E-state index in [0.29, 0.717) is 5.56 Å². The molecule has 1 saturated heterocycles. The fourth-order valence-corrected chi connectivity index (χ4v) is 3.44. The molecule has 0 bridgehead atoms.